The first-order valence-corrected chi connectivity index (χ1v) is 5.43. The first-order chi connectivity index (χ1) is 7.74. The number of nitrogens with zero attached hydrogens (tertiary/aromatic N) is 1. The molecule has 4 nitrogen and oxygen atoms in total. The Morgan fingerprint density at radius 3 is 2.88 bits per heavy atom. The molecule has 80 valence electrons. The van der Waals surface area contributed by atoms with E-state index in [0.29, 0.717) is 17.2 Å². The second-order valence-corrected chi connectivity index (χ2v) is 4.32. The Balaban J connectivity index is 2.23. The maximum absolute atomic E-state index is 5.70. The molecule has 0 aliphatic carbocycles. The molecular weight excluding hydrogens is 272 g/mol. The normalized spacial score (nSPS) is 11.1. The summed E-state index contributed by atoms with van der Waals surface area (Å²) in [7, 11) is 0. The lowest BCUT2D eigenvalue weighted by Crippen LogP contribution is -1.82. The lowest BCUT2D eigenvalue weighted by Gasteiger charge is -1.89. The molecular formula is C11H7BrN2O2. The van der Waals surface area contributed by atoms with E-state index in [1.54, 1.807) is 0 Å². The summed E-state index contributed by atoms with van der Waals surface area (Å²) in [4.78, 5) is 0. The first kappa shape index (κ1) is 9.47. The van der Waals surface area contributed by atoms with E-state index in [0.717, 1.165) is 15.4 Å². The minimum Gasteiger partial charge on any atom is -0.453 e. The van der Waals surface area contributed by atoms with Crippen LogP contribution in [-0.4, -0.2) is 5.16 Å². The highest BCUT2D eigenvalue weighted by Gasteiger charge is 2.13. The third-order valence-corrected chi connectivity index (χ3v) is 2.80. The van der Waals surface area contributed by atoms with E-state index < -0.39 is 0 Å². The predicted molar refractivity (Wildman–Crippen MR) is 63.8 cm³/mol. The molecule has 1 aromatic carbocycles. The molecule has 0 fully saturated rings. The van der Waals surface area contributed by atoms with E-state index >= 15 is 0 Å². The fourth-order valence-electron chi connectivity index (χ4n) is 1.55. The molecule has 3 aromatic rings. The maximum Gasteiger partial charge on any atom is 0.224 e. The number of benzene rings is 1. The zero-order valence-electron chi connectivity index (χ0n) is 8.11. The number of rotatable bonds is 1. The van der Waals surface area contributed by atoms with Gasteiger partial charge in [-0.05, 0) is 24.3 Å². The zero-order valence-corrected chi connectivity index (χ0v) is 9.69. The molecule has 0 radical (unpaired) electrons. The number of halogens is 1. The van der Waals surface area contributed by atoms with E-state index in [2.05, 4.69) is 21.1 Å². The number of nitrogens with two attached hydrogens (primary N) is 1. The smallest absolute Gasteiger partial charge is 0.224 e. The minimum atomic E-state index is 0.465. The van der Waals surface area contributed by atoms with Crippen LogP contribution in [0.4, 0.5) is 5.69 Å². The van der Waals surface area contributed by atoms with Gasteiger partial charge in [0, 0.05) is 9.86 Å². The molecule has 2 N–H and O–H groups in total. The summed E-state index contributed by atoms with van der Waals surface area (Å²) >= 11 is 3.38. The van der Waals surface area contributed by atoms with Gasteiger partial charge in [-0.25, -0.2) is 0 Å². The van der Waals surface area contributed by atoms with Crippen LogP contribution in [0.3, 0.4) is 0 Å². The number of hydrogen-bond donors (Lipinski definition) is 1. The van der Waals surface area contributed by atoms with Crippen molar-refractivity contribution in [2.24, 2.45) is 0 Å². The topological polar surface area (TPSA) is 65.2 Å². The van der Waals surface area contributed by atoms with E-state index in [4.69, 9.17) is 14.7 Å². The van der Waals surface area contributed by atoms with Crippen LogP contribution in [-0.2, 0) is 0 Å². The van der Waals surface area contributed by atoms with Crippen molar-refractivity contribution in [3.63, 3.8) is 0 Å². The van der Waals surface area contributed by atoms with Crippen LogP contribution in [0.1, 0.15) is 0 Å². The average molecular weight is 279 g/mol. The van der Waals surface area contributed by atoms with Gasteiger partial charge in [0.15, 0.2) is 5.76 Å². The van der Waals surface area contributed by atoms with Gasteiger partial charge in [0.2, 0.25) is 5.76 Å². The van der Waals surface area contributed by atoms with Crippen LogP contribution in [0.2, 0.25) is 0 Å². The Morgan fingerprint density at radius 2 is 2.12 bits per heavy atom. The molecule has 0 amide bonds. The van der Waals surface area contributed by atoms with Gasteiger partial charge in [0.25, 0.3) is 0 Å². The molecule has 5 heteroatoms. The number of nitrogen functional groups attached to an aromatic ring is 1. The summed E-state index contributed by atoms with van der Waals surface area (Å²) in [5.74, 6) is 1.05. The molecule has 0 atom stereocenters. The molecule has 0 saturated heterocycles. The lowest BCUT2D eigenvalue weighted by atomic mass is 10.2. The Kier molecular flexibility index (Phi) is 2.00. The van der Waals surface area contributed by atoms with Gasteiger partial charge in [-0.2, -0.15) is 0 Å². The van der Waals surface area contributed by atoms with Crippen LogP contribution < -0.4 is 5.73 Å². The van der Waals surface area contributed by atoms with Crippen LogP contribution in [0.25, 0.3) is 22.5 Å². The summed E-state index contributed by atoms with van der Waals surface area (Å²) in [6, 6.07) is 7.67. The Bertz CT molecular complexity index is 657. The van der Waals surface area contributed by atoms with Crippen LogP contribution in [0.15, 0.2) is 43.9 Å². The molecule has 0 spiro atoms. The fourth-order valence-corrected chi connectivity index (χ4v) is 1.89. The van der Waals surface area contributed by atoms with Crippen molar-refractivity contribution in [3.8, 4) is 11.5 Å². The average Bonchev–Trinajstić information content (AvgIpc) is 2.82. The molecule has 3 rings (SSSR count). The van der Waals surface area contributed by atoms with Crippen LogP contribution in [0.5, 0.6) is 0 Å². The lowest BCUT2D eigenvalue weighted by molar-refractivity contribution is 0.421. The van der Waals surface area contributed by atoms with E-state index in [-0.39, 0.29) is 0 Å². The summed E-state index contributed by atoms with van der Waals surface area (Å²) in [5.41, 5.74) is 6.95. The highest BCUT2D eigenvalue weighted by atomic mass is 79.9. The second-order valence-electron chi connectivity index (χ2n) is 3.40. The van der Waals surface area contributed by atoms with Crippen molar-refractivity contribution in [1.82, 2.24) is 5.16 Å². The highest BCUT2D eigenvalue weighted by Crippen LogP contribution is 2.32. The summed E-state index contributed by atoms with van der Waals surface area (Å²) in [6.45, 7) is 0. The van der Waals surface area contributed by atoms with E-state index in [9.17, 15) is 0 Å². The standard InChI is InChI=1S/C11H7BrN2O2/c12-7-2-1-6-3-10(15-9(6)4-7)11-8(13)5-14-16-11/h1-5H,13H2. The van der Waals surface area contributed by atoms with Gasteiger partial charge in [0.1, 0.15) is 11.3 Å². The largest absolute Gasteiger partial charge is 0.453 e. The first-order valence-electron chi connectivity index (χ1n) is 4.63. The molecule has 2 heterocycles. The minimum absolute atomic E-state index is 0.465. The highest BCUT2D eigenvalue weighted by molar-refractivity contribution is 9.10. The van der Waals surface area contributed by atoms with Crippen molar-refractivity contribution in [2.75, 3.05) is 5.73 Å². The van der Waals surface area contributed by atoms with Crippen molar-refractivity contribution >= 4 is 32.6 Å². The van der Waals surface area contributed by atoms with Gasteiger partial charge in [-0.1, -0.05) is 21.1 Å². The van der Waals surface area contributed by atoms with Crippen molar-refractivity contribution in [1.29, 1.82) is 0 Å². The summed E-state index contributed by atoms with van der Waals surface area (Å²) in [6.07, 6.45) is 1.46. The quantitative estimate of drug-likeness (QED) is 0.741. The van der Waals surface area contributed by atoms with Gasteiger partial charge in [-0.3, -0.25) is 0 Å². The summed E-state index contributed by atoms with van der Waals surface area (Å²) in [5, 5.41) is 4.61. The molecule has 16 heavy (non-hydrogen) atoms. The van der Waals surface area contributed by atoms with Gasteiger partial charge in [0.05, 0.1) is 6.20 Å². The van der Waals surface area contributed by atoms with E-state index in [1.165, 1.54) is 6.20 Å². The third-order valence-electron chi connectivity index (χ3n) is 2.30. The van der Waals surface area contributed by atoms with Crippen molar-refractivity contribution in [3.05, 3.63) is 34.9 Å². The molecule has 0 aliphatic rings. The molecule has 0 saturated carbocycles. The molecule has 0 unspecified atom stereocenters. The Labute approximate surface area is 99.1 Å². The Hall–Kier alpha value is -1.75. The van der Waals surface area contributed by atoms with Gasteiger partial charge < -0.3 is 14.7 Å². The summed E-state index contributed by atoms with van der Waals surface area (Å²) < 4.78 is 11.6. The third kappa shape index (κ3) is 1.40. The molecule has 0 aliphatic heterocycles. The number of furan rings is 1. The number of fused-ring (bicyclic) bond motifs is 1. The monoisotopic (exact) mass is 278 g/mol. The fraction of sp³-hybridized carbons (Fsp3) is 0. The number of anilines is 1. The van der Waals surface area contributed by atoms with Crippen molar-refractivity contribution < 1.29 is 8.94 Å². The predicted octanol–water partition coefficient (Wildman–Crippen LogP) is 3.43. The zero-order chi connectivity index (χ0) is 11.1. The van der Waals surface area contributed by atoms with Crippen LogP contribution in [0, 0.1) is 0 Å². The van der Waals surface area contributed by atoms with Crippen LogP contribution >= 0.6 is 15.9 Å². The Morgan fingerprint density at radius 1 is 1.25 bits per heavy atom. The van der Waals surface area contributed by atoms with Gasteiger partial charge in [-0.15, -0.1) is 0 Å². The molecule has 0 bridgehead atoms. The second kappa shape index (κ2) is 3.38. The van der Waals surface area contributed by atoms with Crippen molar-refractivity contribution in [2.45, 2.75) is 0 Å². The SMILES string of the molecule is Nc1cnoc1-c1cc2ccc(Br)cc2o1. The van der Waals surface area contributed by atoms with E-state index in [1.807, 2.05) is 24.3 Å². The number of aromatic nitrogens is 1. The maximum atomic E-state index is 5.70. The molecule has 2 aromatic heterocycles. The number of hydrogen-bond acceptors (Lipinski definition) is 4. The van der Waals surface area contributed by atoms with Gasteiger partial charge >= 0.3 is 0 Å².